The zero-order valence-corrected chi connectivity index (χ0v) is 20.1. The first-order chi connectivity index (χ1) is 17.1. The summed E-state index contributed by atoms with van der Waals surface area (Å²) < 4.78 is 27.8. The van der Waals surface area contributed by atoms with E-state index in [2.05, 4.69) is 15.3 Å². The third-order valence-electron chi connectivity index (χ3n) is 5.90. The van der Waals surface area contributed by atoms with Crippen LogP contribution in [-0.4, -0.2) is 49.9 Å². The molecular weight excluding hydrogens is 470 g/mol. The van der Waals surface area contributed by atoms with Gasteiger partial charge in [0.2, 0.25) is 5.91 Å². The lowest BCUT2D eigenvalue weighted by molar-refractivity contribution is -0.135. The van der Waals surface area contributed by atoms with E-state index in [9.17, 15) is 23.5 Å². The van der Waals surface area contributed by atoms with Gasteiger partial charge in [-0.1, -0.05) is 24.3 Å². The van der Waals surface area contributed by atoms with Gasteiger partial charge in [-0.25, -0.2) is 19.2 Å². The number of fused-ring (bicyclic) bond motifs is 1. The molecule has 0 aliphatic carbocycles. The van der Waals surface area contributed by atoms with Crippen molar-refractivity contribution in [1.29, 1.82) is 0 Å². The molecule has 4 N–H and O–H groups in total. The second kappa shape index (κ2) is 12.0. The number of hydroxylamine groups is 1. The Morgan fingerprint density at radius 3 is 2.50 bits per heavy atom. The molecule has 2 aromatic carbocycles. The Morgan fingerprint density at radius 1 is 1.11 bits per heavy atom. The molecule has 0 saturated carbocycles. The third-order valence-corrected chi connectivity index (χ3v) is 5.90. The minimum absolute atomic E-state index is 0.0193. The van der Waals surface area contributed by atoms with Gasteiger partial charge >= 0.3 is 0 Å². The van der Waals surface area contributed by atoms with E-state index in [-0.39, 0.29) is 31.4 Å². The molecule has 192 valence electrons. The predicted octanol–water partition coefficient (Wildman–Crippen LogP) is 3.51. The van der Waals surface area contributed by atoms with Crippen molar-refractivity contribution in [1.82, 2.24) is 20.8 Å². The number of carbonyl (C=O) groups excluding carboxylic acids is 2. The topological polar surface area (TPSA) is 124 Å². The third kappa shape index (κ3) is 7.76. The van der Waals surface area contributed by atoms with E-state index in [0.717, 1.165) is 0 Å². The molecule has 0 saturated heterocycles. The monoisotopic (exact) mass is 500 g/mol. The Labute approximate surface area is 207 Å². The summed E-state index contributed by atoms with van der Waals surface area (Å²) >= 11 is 0. The van der Waals surface area contributed by atoms with Crippen LogP contribution < -0.4 is 10.8 Å². The number of hydrogen-bond acceptors (Lipinski definition) is 6. The molecule has 8 nitrogen and oxygen atoms in total. The number of nitrogens with zero attached hydrogens (tertiary/aromatic N) is 2. The summed E-state index contributed by atoms with van der Waals surface area (Å²) in [6.45, 7) is 2.74. The van der Waals surface area contributed by atoms with Crippen LogP contribution in [0.15, 0.2) is 54.7 Å². The van der Waals surface area contributed by atoms with Crippen molar-refractivity contribution < 1.29 is 28.7 Å². The van der Waals surface area contributed by atoms with E-state index in [4.69, 9.17) is 5.21 Å². The van der Waals surface area contributed by atoms with Gasteiger partial charge in [0, 0.05) is 5.92 Å². The number of carbonyl (C=O) groups is 2. The maximum Gasteiger partial charge on any atom is 0.271 e. The maximum absolute atomic E-state index is 14.0. The average Bonchev–Trinajstić information content (AvgIpc) is 2.84. The number of hydrogen-bond donors (Lipinski definition) is 4. The highest BCUT2D eigenvalue weighted by Gasteiger charge is 2.30. The van der Waals surface area contributed by atoms with E-state index >= 15 is 0 Å². The number of aliphatic hydroxyl groups is 1. The van der Waals surface area contributed by atoms with Crippen LogP contribution in [0.5, 0.6) is 0 Å². The number of rotatable bonds is 11. The number of alkyl halides is 1. The molecular formula is C26H30F2N4O4. The fraction of sp³-hybridized carbons (Fsp3) is 0.385. The zero-order valence-electron chi connectivity index (χ0n) is 20.1. The highest BCUT2D eigenvalue weighted by atomic mass is 19.1. The zero-order chi connectivity index (χ0) is 26.3. The quantitative estimate of drug-likeness (QED) is 0.236. The Bertz CT molecular complexity index is 1200. The van der Waals surface area contributed by atoms with Gasteiger partial charge in [-0.15, -0.1) is 0 Å². The van der Waals surface area contributed by atoms with Gasteiger partial charge in [-0.3, -0.25) is 19.8 Å². The van der Waals surface area contributed by atoms with Gasteiger partial charge < -0.3 is 10.4 Å². The average molecular weight is 501 g/mol. The number of aromatic nitrogens is 2. The first-order valence-electron chi connectivity index (χ1n) is 11.6. The first kappa shape index (κ1) is 27.1. The standard InChI is InChI=1S/C26H30F2N4O4/c1-26(2,28)11-10-17(24(34)32-36)14-23(33)21(13-16-6-5-7-18(27)12-16)31-25(35)22-15-29-19-8-3-4-9-20(19)30-22/h3-9,12,15,17,21,23,33,36H,10-11,13-14H2,1-2H3,(H,31,35)(H,32,34). The molecule has 0 radical (unpaired) electrons. The minimum Gasteiger partial charge on any atom is -0.391 e. The number of amides is 2. The van der Waals surface area contributed by atoms with E-state index in [1.165, 1.54) is 38.2 Å². The number of para-hydroxylation sites is 2. The van der Waals surface area contributed by atoms with Crippen molar-refractivity contribution in [3.8, 4) is 0 Å². The van der Waals surface area contributed by atoms with Crippen molar-refractivity contribution in [2.45, 2.75) is 57.3 Å². The summed E-state index contributed by atoms with van der Waals surface area (Å²) in [4.78, 5) is 33.8. The molecule has 0 aliphatic rings. The first-order valence-corrected chi connectivity index (χ1v) is 11.6. The van der Waals surface area contributed by atoms with E-state index in [1.807, 2.05) is 0 Å². The molecule has 36 heavy (non-hydrogen) atoms. The number of nitrogens with one attached hydrogen (secondary N) is 2. The van der Waals surface area contributed by atoms with E-state index < -0.39 is 41.4 Å². The molecule has 10 heteroatoms. The van der Waals surface area contributed by atoms with E-state index in [0.29, 0.717) is 16.6 Å². The predicted molar refractivity (Wildman–Crippen MR) is 129 cm³/mol. The lowest BCUT2D eigenvalue weighted by Gasteiger charge is -2.28. The normalized spacial score (nSPS) is 14.2. The largest absolute Gasteiger partial charge is 0.391 e. The number of benzene rings is 2. The summed E-state index contributed by atoms with van der Waals surface area (Å²) in [5.41, 5.74) is 1.66. The molecule has 1 heterocycles. The SMILES string of the molecule is CC(C)(F)CCC(CC(O)C(Cc1cccc(F)c1)NC(=O)c1cnc2ccccc2n1)C(=O)NO. The summed E-state index contributed by atoms with van der Waals surface area (Å²) in [7, 11) is 0. The van der Waals surface area contributed by atoms with Crippen LogP contribution in [0.1, 0.15) is 49.2 Å². The lowest BCUT2D eigenvalue weighted by Crippen LogP contribution is -2.47. The van der Waals surface area contributed by atoms with Crippen molar-refractivity contribution >= 4 is 22.8 Å². The highest BCUT2D eigenvalue weighted by Crippen LogP contribution is 2.24. The molecule has 3 unspecified atom stereocenters. The van der Waals surface area contributed by atoms with Crippen molar-refractivity contribution in [3.63, 3.8) is 0 Å². The Morgan fingerprint density at radius 2 is 1.83 bits per heavy atom. The van der Waals surface area contributed by atoms with Crippen molar-refractivity contribution in [2.24, 2.45) is 5.92 Å². The number of halogens is 2. The van der Waals surface area contributed by atoms with Crippen LogP contribution >= 0.6 is 0 Å². The molecule has 3 rings (SSSR count). The van der Waals surface area contributed by atoms with Crippen LogP contribution in [0, 0.1) is 11.7 Å². The molecule has 3 atom stereocenters. The van der Waals surface area contributed by atoms with Gasteiger partial charge in [0.25, 0.3) is 5.91 Å². The van der Waals surface area contributed by atoms with E-state index in [1.54, 1.807) is 35.8 Å². The lowest BCUT2D eigenvalue weighted by atomic mass is 9.88. The summed E-state index contributed by atoms with van der Waals surface area (Å²) in [5.74, 6) is -2.78. The molecule has 0 spiro atoms. The molecule has 3 aromatic rings. The van der Waals surface area contributed by atoms with Crippen molar-refractivity contribution in [2.75, 3.05) is 0 Å². The van der Waals surface area contributed by atoms with Crippen molar-refractivity contribution in [3.05, 3.63) is 71.8 Å². The fourth-order valence-corrected chi connectivity index (χ4v) is 3.93. The fourth-order valence-electron chi connectivity index (χ4n) is 3.93. The number of aliphatic hydroxyl groups excluding tert-OH is 1. The van der Waals surface area contributed by atoms with Crippen LogP contribution in [-0.2, 0) is 11.2 Å². The molecule has 0 bridgehead atoms. The molecule has 2 amide bonds. The van der Waals surface area contributed by atoms with Crippen LogP contribution in [0.4, 0.5) is 8.78 Å². The van der Waals surface area contributed by atoms with Gasteiger partial charge in [0.05, 0.1) is 29.4 Å². The second-order valence-corrected chi connectivity index (χ2v) is 9.39. The second-order valence-electron chi connectivity index (χ2n) is 9.39. The summed E-state index contributed by atoms with van der Waals surface area (Å²) in [6, 6.07) is 11.8. The smallest absolute Gasteiger partial charge is 0.271 e. The Kier molecular flexibility index (Phi) is 9.00. The van der Waals surface area contributed by atoms with Crippen LogP contribution in [0.25, 0.3) is 11.0 Å². The molecule has 0 fully saturated rings. The van der Waals surface area contributed by atoms with Gasteiger partial charge in [0.15, 0.2) is 0 Å². The van der Waals surface area contributed by atoms with Gasteiger partial charge in [-0.05, 0) is 69.4 Å². The van der Waals surface area contributed by atoms with Gasteiger partial charge in [0.1, 0.15) is 17.2 Å². The Hall–Kier alpha value is -3.50. The molecule has 0 aliphatic heterocycles. The van der Waals surface area contributed by atoms with Gasteiger partial charge in [-0.2, -0.15) is 0 Å². The highest BCUT2D eigenvalue weighted by molar-refractivity contribution is 5.94. The molecule has 1 aromatic heterocycles. The summed E-state index contributed by atoms with van der Waals surface area (Å²) in [6.07, 6.45) is -0.0143. The van der Waals surface area contributed by atoms with Crippen LogP contribution in [0.3, 0.4) is 0 Å². The minimum atomic E-state index is -1.55. The maximum atomic E-state index is 14.0. The summed E-state index contributed by atoms with van der Waals surface area (Å²) in [5, 5.41) is 22.9. The van der Waals surface area contributed by atoms with Crippen LogP contribution in [0.2, 0.25) is 0 Å². The Balaban J connectivity index is 1.83.